The maximum absolute atomic E-state index is 6.03. The van der Waals surface area contributed by atoms with Crippen molar-refractivity contribution in [2.24, 2.45) is 5.73 Å². The molecule has 1 fully saturated rings. The van der Waals surface area contributed by atoms with Gasteiger partial charge in [0, 0.05) is 24.7 Å². The number of aryl methyl sites for hydroxylation is 1. The zero-order valence-corrected chi connectivity index (χ0v) is 10.8. The van der Waals surface area contributed by atoms with Gasteiger partial charge in [0.2, 0.25) is 0 Å². The average Bonchev–Trinajstić information content (AvgIpc) is 2.95. The van der Waals surface area contributed by atoms with E-state index in [1.54, 1.807) is 0 Å². The summed E-state index contributed by atoms with van der Waals surface area (Å²) in [5, 5.41) is 0. The predicted molar refractivity (Wildman–Crippen MR) is 72.4 cm³/mol. The van der Waals surface area contributed by atoms with E-state index in [9.17, 15) is 0 Å². The van der Waals surface area contributed by atoms with Crippen LogP contribution in [-0.2, 0) is 6.54 Å². The number of hydrogen-bond donors (Lipinski definition) is 1. The predicted octanol–water partition coefficient (Wildman–Crippen LogP) is 2.44. The van der Waals surface area contributed by atoms with Crippen LogP contribution in [0.25, 0.3) is 11.2 Å². The Morgan fingerprint density at radius 3 is 3.06 bits per heavy atom. The first kappa shape index (κ1) is 11.7. The molecule has 18 heavy (non-hydrogen) atoms. The Bertz CT molecular complexity index is 546. The Morgan fingerprint density at radius 1 is 1.44 bits per heavy atom. The molecule has 4 nitrogen and oxygen atoms in total. The van der Waals surface area contributed by atoms with Gasteiger partial charge < -0.3 is 10.3 Å². The Labute approximate surface area is 107 Å². The topological polar surface area (TPSA) is 56.7 Å². The SMILES string of the molecule is CCCn1c(C2CCC(N)C2)nc2cccnc21. The third-order valence-electron chi connectivity index (χ3n) is 3.82. The zero-order valence-electron chi connectivity index (χ0n) is 10.8. The Hall–Kier alpha value is -1.42. The Morgan fingerprint density at radius 2 is 2.33 bits per heavy atom. The summed E-state index contributed by atoms with van der Waals surface area (Å²) in [5.74, 6) is 1.71. The van der Waals surface area contributed by atoms with E-state index in [1.165, 1.54) is 5.82 Å². The second-order valence-electron chi connectivity index (χ2n) is 5.24. The van der Waals surface area contributed by atoms with Crippen LogP contribution in [0.1, 0.15) is 44.3 Å². The van der Waals surface area contributed by atoms with E-state index in [0.29, 0.717) is 12.0 Å². The minimum absolute atomic E-state index is 0.345. The highest BCUT2D eigenvalue weighted by atomic mass is 15.1. The van der Waals surface area contributed by atoms with Crippen molar-refractivity contribution in [1.82, 2.24) is 14.5 Å². The molecule has 0 amide bonds. The Kier molecular flexibility index (Phi) is 3.04. The van der Waals surface area contributed by atoms with Crippen LogP contribution in [0.15, 0.2) is 18.3 Å². The lowest BCUT2D eigenvalue weighted by molar-refractivity contribution is 0.575. The third-order valence-corrected chi connectivity index (χ3v) is 3.82. The number of pyridine rings is 1. The van der Waals surface area contributed by atoms with Crippen molar-refractivity contribution in [3.05, 3.63) is 24.2 Å². The summed E-state index contributed by atoms with van der Waals surface area (Å²) in [5.41, 5.74) is 8.07. The Balaban J connectivity index is 2.06. The summed E-state index contributed by atoms with van der Waals surface area (Å²) in [4.78, 5) is 9.27. The normalized spacial score (nSPS) is 23.9. The fourth-order valence-corrected chi connectivity index (χ4v) is 2.98. The van der Waals surface area contributed by atoms with Gasteiger partial charge >= 0.3 is 0 Å². The molecular formula is C14H20N4. The average molecular weight is 244 g/mol. The molecule has 0 bridgehead atoms. The van der Waals surface area contributed by atoms with Crippen molar-refractivity contribution in [3.8, 4) is 0 Å². The summed E-state index contributed by atoms with van der Waals surface area (Å²) < 4.78 is 2.29. The van der Waals surface area contributed by atoms with Crippen molar-refractivity contribution in [1.29, 1.82) is 0 Å². The molecule has 0 spiro atoms. The first-order valence-corrected chi connectivity index (χ1v) is 6.86. The van der Waals surface area contributed by atoms with Crippen molar-refractivity contribution in [3.63, 3.8) is 0 Å². The van der Waals surface area contributed by atoms with Gasteiger partial charge in [0.1, 0.15) is 11.3 Å². The van der Waals surface area contributed by atoms with Gasteiger partial charge in [-0.1, -0.05) is 6.92 Å². The van der Waals surface area contributed by atoms with Gasteiger partial charge in [-0.05, 0) is 37.8 Å². The van der Waals surface area contributed by atoms with Crippen LogP contribution in [0.4, 0.5) is 0 Å². The highest BCUT2D eigenvalue weighted by molar-refractivity contribution is 5.71. The summed E-state index contributed by atoms with van der Waals surface area (Å²) in [6.45, 7) is 3.19. The standard InChI is InChI=1S/C14H20N4/c1-2-8-18-13(10-5-6-11(15)9-10)17-12-4-3-7-16-14(12)18/h3-4,7,10-11H,2,5-6,8-9,15H2,1H3. The van der Waals surface area contributed by atoms with E-state index < -0.39 is 0 Å². The number of nitrogens with zero attached hydrogens (tertiary/aromatic N) is 3. The molecule has 3 rings (SSSR count). The second kappa shape index (κ2) is 4.69. The maximum Gasteiger partial charge on any atom is 0.159 e. The number of rotatable bonds is 3. The van der Waals surface area contributed by atoms with Crippen LogP contribution in [0.3, 0.4) is 0 Å². The number of aromatic nitrogens is 3. The highest BCUT2D eigenvalue weighted by Gasteiger charge is 2.27. The van der Waals surface area contributed by atoms with E-state index >= 15 is 0 Å². The molecule has 0 saturated heterocycles. The summed E-state index contributed by atoms with van der Waals surface area (Å²) in [6.07, 6.45) is 6.29. The molecule has 1 saturated carbocycles. The number of imidazole rings is 1. The van der Waals surface area contributed by atoms with E-state index in [2.05, 4.69) is 16.5 Å². The fraction of sp³-hybridized carbons (Fsp3) is 0.571. The quantitative estimate of drug-likeness (QED) is 0.902. The third kappa shape index (κ3) is 1.90. The fourth-order valence-electron chi connectivity index (χ4n) is 2.98. The lowest BCUT2D eigenvalue weighted by atomic mass is 10.1. The minimum Gasteiger partial charge on any atom is -0.328 e. The summed E-state index contributed by atoms with van der Waals surface area (Å²) in [7, 11) is 0. The van der Waals surface area contributed by atoms with Crippen molar-refractivity contribution in [2.45, 2.75) is 51.1 Å². The van der Waals surface area contributed by atoms with Gasteiger partial charge in [-0.25, -0.2) is 9.97 Å². The number of fused-ring (bicyclic) bond motifs is 1. The van der Waals surface area contributed by atoms with Crippen LogP contribution < -0.4 is 5.73 Å². The molecule has 2 N–H and O–H groups in total. The smallest absolute Gasteiger partial charge is 0.159 e. The van der Waals surface area contributed by atoms with Gasteiger partial charge in [0.15, 0.2) is 5.65 Å². The second-order valence-corrected chi connectivity index (χ2v) is 5.24. The minimum atomic E-state index is 0.345. The van der Waals surface area contributed by atoms with Gasteiger partial charge in [-0.15, -0.1) is 0 Å². The molecular weight excluding hydrogens is 224 g/mol. The van der Waals surface area contributed by atoms with Crippen LogP contribution >= 0.6 is 0 Å². The molecule has 0 radical (unpaired) electrons. The molecule has 1 aliphatic carbocycles. The molecule has 2 heterocycles. The number of hydrogen-bond acceptors (Lipinski definition) is 3. The van der Waals surface area contributed by atoms with Crippen molar-refractivity contribution >= 4 is 11.2 Å². The molecule has 96 valence electrons. The first-order chi connectivity index (χ1) is 8.79. The molecule has 2 aromatic rings. The molecule has 4 heteroatoms. The molecule has 0 aliphatic heterocycles. The van der Waals surface area contributed by atoms with Gasteiger partial charge in [-0.2, -0.15) is 0 Å². The first-order valence-electron chi connectivity index (χ1n) is 6.86. The van der Waals surface area contributed by atoms with Crippen LogP contribution in [0.5, 0.6) is 0 Å². The van der Waals surface area contributed by atoms with E-state index in [4.69, 9.17) is 10.7 Å². The molecule has 2 unspecified atom stereocenters. The summed E-state index contributed by atoms with van der Waals surface area (Å²) in [6, 6.07) is 4.35. The number of nitrogens with two attached hydrogens (primary N) is 1. The zero-order chi connectivity index (χ0) is 12.5. The largest absolute Gasteiger partial charge is 0.328 e. The molecule has 2 aromatic heterocycles. The van der Waals surface area contributed by atoms with Crippen molar-refractivity contribution < 1.29 is 0 Å². The van der Waals surface area contributed by atoms with Gasteiger partial charge in [0.05, 0.1) is 0 Å². The monoisotopic (exact) mass is 244 g/mol. The van der Waals surface area contributed by atoms with E-state index in [0.717, 1.165) is 43.4 Å². The molecule has 1 aliphatic rings. The van der Waals surface area contributed by atoms with Gasteiger partial charge in [-0.3, -0.25) is 0 Å². The van der Waals surface area contributed by atoms with E-state index in [1.807, 2.05) is 18.3 Å². The van der Waals surface area contributed by atoms with Crippen molar-refractivity contribution in [2.75, 3.05) is 0 Å². The highest BCUT2D eigenvalue weighted by Crippen LogP contribution is 2.34. The summed E-state index contributed by atoms with van der Waals surface area (Å²) >= 11 is 0. The van der Waals surface area contributed by atoms with Gasteiger partial charge in [0.25, 0.3) is 0 Å². The lowest BCUT2D eigenvalue weighted by Crippen LogP contribution is -2.15. The maximum atomic E-state index is 6.03. The van der Waals surface area contributed by atoms with E-state index in [-0.39, 0.29) is 0 Å². The van der Waals surface area contributed by atoms with Crippen LogP contribution in [0, 0.1) is 0 Å². The van der Waals surface area contributed by atoms with Crippen LogP contribution in [-0.4, -0.2) is 20.6 Å². The van der Waals surface area contributed by atoms with Crippen LogP contribution in [0.2, 0.25) is 0 Å². The molecule has 2 atom stereocenters. The molecule has 0 aromatic carbocycles. The lowest BCUT2D eigenvalue weighted by Gasteiger charge is -2.12.